The van der Waals surface area contributed by atoms with Crippen LogP contribution in [0.3, 0.4) is 0 Å². The lowest BCUT2D eigenvalue weighted by Gasteiger charge is -2.26. The van der Waals surface area contributed by atoms with E-state index in [1.165, 1.54) is 6.07 Å². The molecule has 4 heterocycles. The number of aromatic nitrogens is 4. The largest absolute Gasteiger partial charge is 0.406 e. The van der Waals surface area contributed by atoms with E-state index in [0.717, 1.165) is 22.3 Å². The average molecular weight is 427 g/mol. The van der Waals surface area contributed by atoms with Gasteiger partial charge in [-0.1, -0.05) is 18.2 Å². The van der Waals surface area contributed by atoms with E-state index < -0.39 is 18.3 Å². The monoisotopic (exact) mass is 427 g/mol. The molecule has 4 aromatic rings. The first-order valence-electron chi connectivity index (χ1n) is 10.1. The zero-order chi connectivity index (χ0) is 21.6. The number of halogens is 3. The molecule has 31 heavy (non-hydrogen) atoms. The van der Waals surface area contributed by atoms with Crippen LogP contribution in [0.25, 0.3) is 16.6 Å². The molecular formula is C22H20F3N5O. The van der Waals surface area contributed by atoms with Gasteiger partial charge in [-0.05, 0) is 43.7 Å². The molecule has 0 radical (unpaired) electrons. The number of nitrogens with zero attached hydrogens (tertiary/aromatic N) is 5. The Bertz CT molecular complexity index is 1280. The number of likely N-dealkylation sites (tertiary alicyclic amines) is 1. The minimum atomic E-state index is -4.52. The molecule has 5 rings (SSSR count). The molecule has 0 N–H and O–H groups in total. The Labute approximate surface area is 175 Å². The molecule has 3 aromatic heterocycles. The number of pyridine rings is 1. The molecule has 0 amide bonds. The zero-order valence-electron chi connectivity index (χ0n) is 16.6. The van der Waals surface area contributed by atoms with E-state index in [4.69, 9.17) is 0 Å². The third kappa shape index (κ3) is 3.81. The van der Waals surface area contributed by atoms with Crippen molar-refractivity contribution < 1.29 is 13.2 Å². The predicted molar refractivity (Wildman–Crippen MR) is 110 cm³/mol. The normalized spacial score (nSPS) is 17.7. The summed E-state index contributed by atoms with van der Waals surface area (Å²) in [5, 5.41) is 0.195. The van der Waals surface area contributed by atoms with E-state index in [1.807, 2.05) is 35.0 Å². The average Bonchev–Trinajstić information content (AvgIpc) is 3.35. The summed E-state index contributed by atoms with van der Waals surface area (Å²) in [6.07, 6.45) is 0.747. The van der Waals surface area contributed by atoms with E-state index in [9.17, 15) is 18.0 Å². The van der Waals surface area contributed by atoms with Gasteiger partial charge in [-0.3, -0.25) is 14.3 Å². The van der Waals surface area contributed by atoms with Crippen molar-refractivity contribution in [3.8, 4) is 0 Å². The Kier molecular flexibility index (Phi) is 4.77. The number of para-hydroxylation sites is 1. The third-order valence-electron chi connectivity index (χ3n) is 5.67. The highest BCUT2D eigenvalue weighted by Crippen LogP contribution is 2.33. The van der Waals surface area contributed by atoms with Gasteiger partial charge in [0, 0.05) is 18.9 Å². The van der Waals surface area contributed by atoms with Gasteiger partial charge in [-0.2, -0.15) is 13.2 Å². The van der Waals surface area contributed by atoms with Crippen LogP contribution in [0, 0.1) is 0 Å². The van der Waals surface area contributed by atoms with E-state index in [0.29, 0.717) is 25.0 Å². The van der Waals surface area contributed by atoms with Gasteiger partial charge >= 0.3 is 6.18 Å². The molecule has 1 aliphatic heterocycles. The summed E-state index contributed by atoms with van der Waals surface area (Å²) >= 11 is 0. The van der Waals surface area contributed by atoms with Crippen LogP contribution in [0.15, 0.2) is 59.7 Å². The fourth-order valence-electron chi connectivity index (χ4n) is 4.35. The minimum absolute atomic E-state index is 0.169. The molecule has 1 aromatic carbocycles. The lowest BCUT2D eigenvalue weighted by molar-refractivity contribution is -0.142. The molecule has 0 spiro atoms. The molecule has 6 nitrogen and oxygen atoms in total. The number of imidazole rings is 1. The molecule has 1 saturated heterocycles. The van der Waals surface area contributed by atoms with Crippen LogP contribution in [0.1, 0.15) is 30.4 Å². The standard InChI is InChI=1S/C22H20F3N5O/c23-22(24,25)14-30-20(27-17-7-2-1-6-16(17)21(30)31)18-8-5-11-28(18)12-15-13-29-10-4-3-9-19(29)26-15/h1-4,6-7,9-10,13,18H,5,8,11-12,14H2. The van der Waals surface area contributed by atoms with Gasteiger partial charge in [0.15, 0.2) is 0 Å². The van der Waals surface area contributed by atoms with Crippen molar-refractivity contribution >= 4 is 16.6 Å². The number of alkyl halides is 3. The van der Waals surface area contributed by atoms with Crippen LogP contribution in [-0.4, -0.2) is 36.6 Å². The van der Waals surface area contributed by atoms with Crippen LogP contribution in [0.2, 0.25) is 0 Å². The maximum absolute atomic E-state index is 13.3. The lowest BCUT2D eigenvalue weighted by atomic mass is 10.1. The maximum atomic E-state index is 13.3. The summed E-state index contributed by atoms with van der Waals surface area (Å²) in [5.74, 6) is 0.169. The zero-order valence-corrected chi connectivity index (χ0v) is 16.6. The Morgan fingerprint density at radius 1 is 1.06 bits per heavy atom. The third-order valence-corrected chi connectivity index (χ3v) is 5.67. The quantitative estimate of drug-likeness (QED) is 0.495. The molecular weight excluding hydrogens is 407 g/mol. The first-order chi connectivity index (χ1) is 14.9. The Hall–Kier alpha value is -3.20. The summed E-state index contributed by atoms with van der Waals surface area (Å²) in [6, 6.07) is 11.9. The summed E-state index contributed by atoms with van der Waals surface area (Å²) in [7, 11) is 0. The van der Waals surface area contributed by atoms with E-state index in [1.54, 1.807) is 18.2 Å². The molecule has 0 aliphatic carbocycles. The first-order valence-corrected chi connectivity index (χ1v) is 10.1. The second kappa shape index (κ2) is 7.49. The second-order valence-electron chi connectivity index (χ2n) is 7.82. The fraction of sp³-hybridized carbons (Fsp3) is 0.318. The van der Waals surface area contributed by atoms with Crippen molar-refractivity contribution in [2.75, 3.05) is 6.54 Å². The number of rotatable bonds is 4. The van der Waals surface area contributed by atoms with Crippen LogP contribution in [0.5, 0.6) is 0 Å². The minimum Gasteiger partial charge on any atom is -0.307 e. The van der Waals surface area contributed by atoms with Gasteiger partial charge in [-0.25, -0.2) is 9.97 Å². The van der Waals surface area contributed by atoms with Crippen LogP contribution >= 0.6 is 0 Å². The smallest absolute Gasteiger partial charge is 0.307 e. The molecule has 9 heteroatoms. The van der Waals surface area contributed by atoms with E-state index >= 15 is 0 Å². The molecule has 1 aliphatic rings. The summed E-state index contributed by atoms with van der Waals surface area (Å²) in [4.78, 5) is 24.2. The highest BCUT2D eigenvalue weighted by Gasteiger charge is 2.35. The van der Waals surface area contributed by atoms with Crippen molar-refractivity contribution in [3.63, 3.8) is 0 Å². The number of fused-ring (bicyclic) bond motifs is 2. The highest BCUT2D eigenvalue weighted by molar-refractivity contribution is 5.77. The molecule has 160 valence electrons. The van der Waals surface area contributed by atoms with E-state index in [-0.39, 0.29) is 17.3 Å². The summed E-state index contributed by atoms with van der Waals surface area (Å²) < 4.78 is 42.7. The second-order valence-corrected chi connectivity index (χ2v) is 7.82. The Morgan fingerprint density at radius 2 is 1.87 bits per heavy atom. The number of hydrogen-bond acceptors (Lipinski definition) is 4. The Balaban J connectivity index is 1.56. The van der Waals surface area contributed by atoms with Crippen molar-refractivity contribution in [2.24, 2.45) is 0 Å². The molecule has 1 atom stereocenters. The topological polar surface area (TPSA) is 55.4 Å². The van der Waals surface area contributed by atoms with Gasteiger partial charge < -0.3 is 4.40 Å². The van der Waals surface area contributed by atoms with E-state index in [2.05, 4.69) is 14.9 Å². The summed E-state index contributed by atoms with van der Waals surface area (Å²) in [6.45, 7) is -0.175. The van der Waals surface area contributed by atoms with Gasteiger partial charge in [-0.15, -0.1) is 0 Å². The van der Waals surface area contributed by atoms with Crippen molar-refractivity contribution in [1.82, 2.24) is 23.8 Å². The molecule has 0 bridgehead atoms. The summed E-state index contributed by atoms with van der Waals surface area (Å²) in [5.41, 5.74) is 1.40. The molecule has 0 saturated carbocycles. The molecule has 1 unspecified atom stereocenters. The highest BCUT2D eigenvalue weighted by atomic mass is 19.4. The maximum Gasteiger partial charge on any atom is 0.406 e. The van der Waals surface area contributed by atoms with Crippen molar-refractivity contribution in [1.29, 1.82) is 0 Å². The molecule has 1 fully saturated rings. The van der Waals surface area contributed by atoms with Crippen LogP contribution in [0.4, 0.5) is 13.2 Å². The van der Waals surface area contributed by atoms with Crippen molar-refractivity contribution in [2.45, 2.75) is 38.1 Å². The van der Waals surface area contributed by atoms with Crippen LogP contribution in [-0.2, 0) is 13.1 Å². The number of hydrogen-bond donors (Lipinski definition) is 0. The van der Waals surface area contributed by atoms with Crippen LogP contribution < -0.4 is 5.56 Å². The predicted octanol–water partition coefficient (Wildman–Crippen LogP) is 3.94. The van der Waals surface area contributed by atoms with Crippen molar-refractivity contribution in [3.05, 3.63) is 76.7 Å². The van der Waals surface area contributed by atoms with Gasteiger partial charge in [0.2, 0.25) is 0 Å². The van der Waals surface area contributed by atoms with Gasteiger partial charge in [0.25, 0.3) is 5.56 Å². The van der Waals surface area contributed by atoms with Gasteiger partial charge in [0.05, 0.1) is 22.6 Å². The lowest BCUT2D eigenvalue weighted by Crippen LogP contribution is -2.35. The van der Waals surface area contributed by atoms with Gasteiger partial charge in [0.1, 0.15) is 18.0 Å². The fourth-order valence-corrected chi connectivity index (χ4v) is 4.35. The first kappa shape index (κ1) is 19.7. The SMILES string of the molecule is O=c1c2ccccc2nc(C2CCCN2Cc2cn3ccccc3n2)n1CC(F)(F)F. The Morgan fingerprint density at radius 3 is 2.68 bits per heavy atom. The number of benzene rings is 1.